The Morgan fingerprint density at radius 2 is 1.85 bits per heavy atom. The van der Waals surface area contributed by atoms with Gasteiger partial charge in [-0.15, -0.1) is 0 Å². The highest BCUT2D eigenvalue weighted by molar-refractivity contribution is 5.95. The van der Waals surface area contributed by atoms with E-state index >= 15 is 0 Å². The Morgan fingerprint density at radius 1 is 1.18 bits per heavy atom. The van der Waals surface area contributed by atoms with E-state index in [1.165, 1.54) is 31.4 Å². The van der Waals surface area contributed by atoms with Crippen LogP contribution in [0.25, 0.3) is 0 Å². The molecule has 3 rings (SSSR count). The van der Waals surface area contributed by atoms with Gasteiger partial charge in [0.2, 0.25) is 0 Å². The van der Waals surface area contributed by atoms with Crippen molar-refractivity contribution in [3.63, 3.8) is 0 Å². The van der Waals surface area contributed by atoms with Gasteiger partial charge in [0.15, 0.2) is 0 Å². The number of aromatic nitrogens is 2. The number of hydrogen-bond donors (Lipinski definition) is 0. The van der Waals surface area contributed by atoms with E-state index in [1.54, 1.807) is 0 Å². The Balaban J connectivity index is 2.05. The number of nitrogens with zero attached hydrogens (tertiary/aromatic N) is 2. The van der Waals surface area contributed by atoms with Crippen molar-refractivity contribution in [1.29, 1.82) is 0 Å². The zero-order valence-electron chi connectivity index (χ0n) is 21.6. The van der Waals surface area contributed by atoms with E-state index in [0.717, 1.165) is 6.92 Å². The van der Waals surface area contributed by atoms with Gasteiger partial charge < -0.3 is 18.9 Å². The Hall–Kier alpha value is -3.89. The summed E-state index contributed by atoms with van der Waals surface area (Å²) in [5, 5.41) is 0. The molecular formula is C26H27F3N2O8. The molecule has 1 aliphatic heterocycles. The van der Waals surface area contributed by atoms with Gasteiger partial charge in [0.05, 0.1) is 13.2 Å². The lowest BCUT2D eigenvalue weighted by molar-refractivity contribution is -0.148. The Labute approximate surface area is 221 Å². The molecule has 2 aromatic rings. The molecule has 1 aromatic heterocycles. The highest BCUT2D eigenvalue weighted by Crippen LogP contribution is 2.32. The first kappa shape index (κ1) is 29.7. The lowest BCUT2D eigenvalue weighted by Crippen LogP contribution is -2.47. The summed E-state index contributed by atoms with van der Waals surface area (Å²) in [4.78, 5) is 50.4. The first-order valence-electron chi connectivity index (χ1n) is 11.9. The van der Waals surface area contributed by atoms with Crippen molar-refractivity contribution in [2.45, 2.75) is 51.8 Å². The second-order valence-corrected chi connectivity index (χ2v) is 8.90. The molecule has 1 aromatic carbocycles. The molecule has 39 heavy (non-hydrogen) atoms. The van der Waals surface area contributed by atoms with E-state index in [-0.39, 0.29) is 35.7 Å². The van der Waals surface area contributed by atoms with Gasteiger partial charge in [-0.1, -0.05) is 25.7 Å². The monoisotopic (exact) mass is 552 g/mol. The van der Waals surface area contributed by atoms with Crippen molar-refractivity contribution in [2.75, 3.05) is 20.3 Å². The van der Waals surface area contributed by atoms with Crippen LogP contribution in [-0.4, -0.2) is 53.5 Å². The molecule has 10 nitrogen and oxygen atoms in total. The number of ether oxygens (including phenoxy) is 4. The van der Waals surface area contributed by atoms with E-state index in [2.05, 4.69) is 11.8 Å². The van der Waals surface area contributed by atoms with Crippen molar-refractivity contribution in [3.8, 4) is 17.6 Å². The molecule has 0 N–H and O–H groups in total. The zero-order valence-corrected chi connectivity index (χ0v) is 21.6. The van der Waals surface area contributed by atoms with Gasteiger partial charge in [-0.2, -0.15) is 17.7 Å². The van der Waals surface area contributed by atoms with Crippen LogP contribution in [0.1, 0.15) is 49.3 Å². The molecule has 0 spiro atoms. The van der Waals surface area contributed by atoms with Crippen LogP contribution < -0.4 is 16.0 Å². The predicted octanol–water partition coefficient (Wildman–Crippen LogP) is 2.62. The second-order valence-electron chi connectivity index (χ2n) is 8.90. The van der Waals surface area contributed by atoms with Gasteiger partial charge in [0.25, 0.3) is 11.5 Å². The predicted molar refractivity (Wildman–Crippen MR) is 130 cm³/mol. The van der Waals surface area contributed by atoms with Crippen LogP contribution >= 0.6 is 0 Å². The summed E-state index contributed by atoms with van der Waals surface area (Å²) < 4.78 is 63.4. The molecule has 0 aliphatic carbocycles. The normalized spacial score (nSPS) is 18.9. The summed E-state index contributed by atoms with van der Waals surface area (Å²) in [5.41, 5.74) is -5.12. The number of carbonyl (C=O) groups excluding carboxylic acids is 2. The molecule has 0 bridgehead atoms. The van der Waals surface area contributed by atoms with Gasteiger partial charge in [-0.25, -0.2) is 4.79 Å². The molecule has 0 amide bonds. The van der Waals surface area contributed by atoms with Crippen molar-refractivity contribution in [3.05, 3.63) is 62.4 Å². The van der Waals surface area contributed by atoms with Crippen LogP contribution in [0.2, 0.25) is 0 Å². The number of esters is 1. The first-order chi connectivity index (χ1) is 18.3. The molecule has 1 saturated heterocycles. The summed E-state index contributed by atoms with van der Waals surface area (Å²) >= 11 is 0. The maximum absolute atomic E-state index is 13.8. The lowest BCUT2D eigenvalue weighted by atomic mass is 10.1. The van der Waals surface area contributed by atoms with E-state index in [1.807, 2.05) is 13.8 Å². The smallest absolute Gasteiger partial charge is 0.423 e. The summed E-state index contributed by atoms with van der Waals surface area (Å²) in [6.07, 6.45) is -8.18. The molecule has 1 fully saturated rings. The topological polar surface area (TPSA) is 115 Å². The van der Waals surface area contributed by atoms with Crippen LogP contribution in [0.5, 0.6) is 5.75 Å². The fraction of sp³-hybridized carbons (Fsp3) is 0.462. The largest absolute Gasteiger partial charge is 0.497 e. The van der Waals surface area contributed by atoms with E-state index in [9.17, 15) is 32.3 Å². The third kappa shape index (κ3) is 7.15. The Kier molecular flexibility index (Phi) is 9.36. The molecule has 0 saturated carbocycles. The average Bonchev–Trinajstić information content (AvgIpc) is 3.27. The third-order valence-corrected chi connectivity index (χ3v) is 5.66. The molecule has 2 heterocycles. The van der Waals surface area contributed by atoms with Gasteiger partial charge in [0.1, 0.15) is 36.9 Å². The first-order valence-corrected chi connectivity index (χ1v) is 11.9. The molecule has 1 aliphatic rings. The number of benzene rings is 1. The van der Waals surface area contributed by atoms with Crippen molar-refractivity contribution < 1.29 is 41.7 Å². The minimum Gasteiger partial charge on any atom is -0.497 e. The average molecular weight is 553 g/mol. The van der Waals surface area contributed by atoms with Crippen LogP contribution in [-0.2, 0) is 25.2 Å². The standard InChI is InChI=1S/C26H27F3N2O8/c1-15(2)6-5-11-37-20-12-22(39-21(20)14-38-16(3)32)30-13-19(26(27,28)29)24(34)31(25(30)35)23(33)17-7-9-18(36-4)10-8-17/h7-10,13,15,20-22H,11-12,14H2,1-4H3/t20-,21+,22+/m0/s1. The Morgan fingerprint density at radius 3 is 2.41 bits per heavy atom. The second kappa shape index (κ2) is 12.3. The molecule has 0 unspecified atom stereocenters. The fourth-order valence-corrected chi connectivity index (χ4v) is 3.81. The third-order valence-electron chi connectivity index (χ3n) is 5.66. The van der Waals surface area contributed by atoms with Crippen molar-refractivity contribution in [2.24, 2.45) is 5.92 Å². The molecule has 3 atom stereocenters. The van der Waals surface area contributed by atoms with E-state index < -0.39 is 53.3 Å². The van der Waals surface area contributed by atoms with Crippen molar-refractivity contribution >= 4 is 11.9 Å². The van der Waals surface area contributed by atoms with Gasteiger partial charge in [-0.05, 0) is 24.3 Å². The van der Waals surface area contributed by atoms with E-state index in [0.29, 0.717) is 16.5 Å². The molecule has 0 radical (unpaired) electrons. The quantitative estimate of drug-likeness (QED) is 0.381. The molecule has 210 valence electrons. The van der Waals surface area contributed by atoms with Crippen LogP contribution in [0.15, 0.2) is 40.1 Å². The minimum absolute atomic E-state index is 0.0480. The number of carbonyl (C=O) groups is 2. The van der Waals surface area contributed by atoms with Gasteiger partial charge >= 0.3 is 17.8 Å². The fourth-order valence-electron chi connectivity index (χ4n) is 3.81. The van der Waals surface area contributed by atoms with Crippen LogP contribution in [0.3, 0.4) is 0 Å². The number of hydrogen-bond acceptors (Lipinski definition) is 8. The number of rotatable bonds is 7. The van der Waals surface area contributed by atoms with Crippen LogP contribution in [0.4, 0.5) is 13.2 Å². The summed E-state index contributed by atoms with van der Waals surface area (Å²) in [6, 6.07) is 5.13. The highest BCUT2D eigenvalue weighted by atomic mass is 19.4. The van der Waals surface area contributed by atoms with E-state index in [4.69, 9.17) is 18.9 Å². The number of alkyl halides is 3. The van der Waals surface area contributed by atoms with Gasteiger partial charge in [0, 0.05) is 31.0 Å². The Bertz CT molecular complexity index is 1380. The zero-order chi connectivity index (χ0) is 28.9. The highest BCUT2D eigenvalue weighted by Gasteiger charge is 2.42. The summed E-state index contributed by atoms with van der Waals surface area (Å²) in [6.45, 7) is 4.56. The number of methoxy groups -OCH3 is 1. The van der Waals surface area contributed by atoms with Gasteiger partial charge in [-0.3, -0.25) is 19.0 Å². The maximum Gasteiger partial charge on any atom is 0.423 e. The summed E-state index contributed by atoms with van der Waals surface area (Å²) in [7, 11) is 1.37. The lowest BCUT2D eigenvalue weighted by Gasteiger charge is -2.19. The molecular weight excluding hydrogens is 525 g/mol. The maximum atomic E-state index is 13.8. The van der Waals surface area contributed by atoms with Crippen LogP contribution in [0, 0.1) is 17.8 Å². The summed E-state index contributed by atoms with van der Waals surface area (Å²) in [5.74, 6) is 4.22. The van der Waals surface area contributed by atoms with Crippen molar-refractivity contribution in [1.82, 2.24) is 9.13 Å². The minimum atomic E-state index is -5.19. The SMILES string of the molecule is COc1ccc(C(=O)n2c(=O)c(C(F)(F)F)cn([C@H]3C[C@H](OCC#CC(C)C)[C@@H](COC(C)=O)O3)c2=O)cc1. The number of halogens is 3. The molecule has 13 heteroatoms.